The SMILES string of the molecule is NC(=O)c1cc(F)cc(C2CCC(Oc3ccnc4c(Br)cccc34)CC2)c1. The zero-order valence-corrected chi connectivity index (χ0v) is 16.8. The third-order valence-electron chi connectivity index (χ3n) is 5.33. The Kier molecular flexibility index (Phi) is 5.31. The number of halogens is 2. The van der Waals surface area contributed by atoms with Gasteiger partial charge in [0.25, 0.3) is 0 Å². The van der Waals surface area contributed by atoms with Crippen LogP contribution in [0.1, 0.15) is 47.5 Å². The number of carbonyl (C=O) groups excluding carboxylic acids is 1. The molecule has 2 N–H and O–H groups in total. The summed E-state index contributed by atoms with van der Waals surface area (Å²) in [5, 5.41) is 0.982. The lowest BCUT2D eigenvalue weighted by Crippen LogP contribution is -2.24. The number of ether oxygens (including phenoxy) is 1. The van der Waals surface area contributed by atoms with Crippen LogP contribution in [0.25, 0.3) is 10.9 Å². The molecule has 0 aliphatic heterocycles. The summed E-state index contributed by atoms with van der Waals surface area (Å²) in [6.07, 6.45) is 5.34. The first-order valence-electron chi connectivity index (χ1n) is 9.31. The van der Waals surface area contributed by atoms with Gasteiger partial charge in [-0.1, -0.05) is 6.07 Å². The molecule has 0 unspecified atom stereocenters. The van der Waals surface area contributed by atoms with Crippen molar-refractivity contribution in [3.8, 4) is 5.75 Å². The molecule has 4 nitrogen and oxygen atoms in total. The standard InChI is InChI=1S/C22H20BrFN2O2/c23-19-3-1-2-18-20(8-9-26-21(18)19)28-17-6-4-13(5-7-17)14-10-15(22(25)27)12-16(24)11-14/h1-3,8-13,17H,4-7H2,(H2,25,27). The number of primary amides is 1. The molecule has 0 bridgehead atoms. The lowest BCUT2D eigenvalue weighted by atomic mass is 9.82. The minimum Gasteiger partial charge on any atom is -0.490 e. The first kappa shape index (κ1) is 18.9. The van der Waals surface area contributed by atoms with Crippen LogP contribution in [0.15, 0.2) is 53.1 Å². The van der Waals surface area contributed by atoms with Crippen LogP contribution in [0.4, 0.5) is 4.39 Å². The van der Waals surface area contributed by atoms with E-state index in [1.165, 1.54) is 12.1 Å². The number of carbonyl (C=O) groups is 1. The lowest BCUT2D eigenvalue weighted by Gasteiger charge is -2.29. The highest BCUT2D eigenvalue weighted by molar-refractivity contribution is 9.10. The summed E-state index contributed by atoms with van der Waals surface area (Å²) < 4.78 is 21.1. The molecule has 0 radical (unpaired) electrons. The van der Waals surface area contributed by atoms with E-state index in [0.29, 0.717) is 0 Å². The van der Waals surface area contributed by atoms with Gasteiger partial charge in [-0.15, -0.1) is 0 Å². The van der Waals surface area contributed by atoms with Gasteiger partial charge in [-0.05, 0) is 89.5 Å². The number of hydrogen-bond acceptors (Lipinski definition) is 3. The number of hydrogen-bond donors (Lipinski definition) is 1. The third-order valence-corrected chi connectivity index (χ3v) is 5.97. The van der Waals surface area contributed by atoms with Crippen molar-refractivity contribution in [2.24, 2.45) is 5.73 Å². The second kappa shape index (κ2) is 7.87. The number of fused-ring (bicyclic) bond motifs is 1. The molecule has 0 saturated heterocycles. The Bertz CT molecular complexity index is 1030. The molecule has 1 aromatic heterocycles. The summed E-state index contributed by atoms with van der Waals surface area (Å²) >= 11 is 3.53. The van der Waals surface area contributed by atoms with E-state index in [1.54, 1.807) is 12.3 Å². The number of nitrogens with two attached hydrogens (primary N) is 1. The van der Waals surface area contributed by atoms with E-state index in [4.69, 9.17) is 10.5 Å². The van der Waals surface area contributed by atoms with E-state index in [9.17, 15) is 9.18 Å². The molecule has 1 aliphatic carbocycles. The van der Waals surface area contributed by atoms with Crippen molar-refractivity contribution >= 4 is 32.7 Å². The minimum absolute atomic E-state index is 0.102. The molecule has 1 heterocycles. The zero-order chi connectivity index (χ0) is 19.7. The van der Waals surface area contributed by atoms with Crippen LogP contribution in [0, 0.1) is 5.82 Å². The number of aromatic nitrogens is 1. The second-order valence-electron chi connectivity index (χ2n) is 7.17. The van der Waals surface area contributed by atoms with Crippen LogP contribution in [0.3, 0.4) is 0 Å². The molecule has 2 aromatic carbocycles. The van der Waals surface area contributed by atoms with E-state index in [2.05, 4.69) is 20.9 Å². The maximum Gasteiger partial charge on any atom is 0.248 e. The molecule has 1 amide bonds. The predicted octanol–water partition coefficient (Wildman–Crippen LogP) is 5.34. The molecule has 1 fully saturated rings. The van der Waals surface area contributed by atoms with Gasteiger partial charge in [0.05, 0.1) is 11.6 Å². The Morgan fingerprint density at radius 3 is 2.68 bits per heavy atom. The van der Waals surface area contributed by atoms with E-state index in [-0.39, 0.29) is 17.6 Å². The van der Waals surface area contributed by atoms with Crippen molar-refractivity contribution in [2.75, 3.05) is 0 Å². The molecule has 0 spiro atoms. The van der Waals surface area contributed by atoms with Crippen molar-refractivity contribution < 1.29 is 13.9 Å². The quantitative estimate of drug-likeness (QED) is 0.592. The maximum absolute atomic E-state index is 13.8. The monoisotopic (exact) mass is 442 g/mol. The van der Waals surface area contributed by atoms with Gasteiger partial charge in [-0.2, -0.15) is 0 Å². The molecule has 28 heavy (non-hydrogen) atoms. The molecule has 4 rings (SSSR count). The Balaban J connectivity index is 1.47. The second-order valence-corrected chi connectivity index (χ2v) is 8.03. The van der Waals surface area contributed by atoms with E-state index < -0.39 is 11.7 Å². The van der Waals surface area contributed by atoms with Crippen LogP contribution >= 0.6 is 15.9 Å². The highest BCUT2D eigenvalue weighted by atomic mass is 79.9. The van der Waals surface area contributed by atoms with Gasteiger partial charge in [0, 0.05) is 21.6 Å². The number of pyridine rings is 1. The topological polar surface area (TPSA) is 65.2 Å². The fourth-order valence-electron chi connectivity index (χ4n) is 3.90. The average molecular weight is 443 g/mol. The summed E-state index contributed by atoms with van der Waals surface area (Å²) in [6.45, 7) is 0. The molecule has 144 valence electrons. The van der Waals surface area contributed by atoms with E-state index in [0.717, 1.165) is 52.4 Å². The Morgan fingerprint density at radius 2 is 1.93 bits per heavy atom. The highest BCUT2D eigenvalue weighted by Gasteiger charge is 2.25. The predicted molar refractivity (Wildman–Crippen MR) is 110 cm³/mol. The summed E-state index contributed by atoms with van der Waals surface area (Å²) in [5.74, 6) is 0.0144. The zero-order valence-electron chi connectivity index (χ0n) is 15.2. The van der Waals surface area contributed by atoms with Gasteiger partial charge < -0.3 is 10.5 Å². The normalized spacial score (nSPS) is 19.5. The van der Waals surface area contributed by atoms with E-state index in [1.807, 2.05) is 24.3 Å². The van der Waals surface area contributed by atoms with Crippen molar-refractivity contribution in [3.63, 3.8) is 0 Å². The first-order valence-corrected chi connectivity index (χ1v) is 10.1. The van der Waals surface area contributed by atoms with Crippen LogP contribution in [0.2, 0.25) is 0 Å². The smallest absolute Gasteiger partial charge is 0.248 e. The maximum atomic E-state index is 13.8. The molecule has 1 saturated carbocycles. The lowest BCUT2D eigenvalue weighted by molar-refractivity contribution is 0.0999. The largest absolute Gasteiger partial charge is 0.490 e. The number of amides is 1. The van der Waals surface area contributed by atoms with Crippen molar-refractivity contribution in [1.29, 1.82) is 0 Å². The Hall–Kier alpha value is -2.47. The molecule has 6 heteroatoms. The average Bonchev–Trinajstić information content (AvgIpc) is 2.69. The van der Waals surface area contributed by atoms with Crippen molar-refractivity contribution in [2.45, 2.75) is 37.7 Å². The first-order chi connectivity index (χ1) is 13.5. The molecular weight excluding hydrogens is 423 g/mol. The number of benzene rings is 2. The third kappa shape index (κ3) is 3.87. The van der Waals surface area contributed by atoms with Crippen molar-refractivity contribution in [3.05, 3.63) is 70.1 Å². The van der Waals surface area contributed by atoms with E-state index >= 15 is 0 Å². The number of nitrogens with zero attached hydrogens (tertiary/aromatic N) is 1. The van der Waals surface area contributed by atoms with Crippen molar-refractivity contribution in [1.82, 2.24) is 4.98 Å². The number of para-hydroxylation sites is 1. The molecular formula is C22H20BrFN2O2. The van der Waals surface area contributed by atoms with Crippen LogP contribution in [-0.2, 0) is 0 Å². The van der Waals surface area contributed by atoms with Crippen LogP contribution in [0.5, 0.6) is 5.75 Å². The summed E-state index contributed by atoms with van der Waals surface area (Å²) in [7, 11) is 0. The van der Waals surface area contributed by atoms with Gasteiger partial charge in [-0.3, -0.25) is 9.78 Å². The summed E-state index contributed by atoms with van der Waals surface area (Å²) in [6, 6.07) is 12.2. The minimum atomic E-state index is -0.603. The fraction of sp³-hybridized carbons (Fsp3) is 0.273. The van der Waals surface area contributed by atoms with Gasteiger partial charge in [0.2, 0.25) is 5.91 Å². The van der Waals surface area contributed by atoms with Crippen LogP contribution in [-0.4, -0.2) is 17.0 Å². The van der Waals surface area contributed by atoms with Gasteiger partial charge in [0.1, 0.15) is 11.6 Å². The fourth-order valence-corrected chi connectivity index (χ4v) is 4.37. The van der Waals surface area contributed by atoms with Gasteiger partial charge in [-0.25, -0.2) is 4.39 Å². The summed E-state index contributed by atoms with van der Waals surface area (Å²) in [4.78, 5) is 15.8. The molecule has 3 aromatic rings. The van der Waals surface area contributed by atoms with Gasteiger partial charge in [0.15, 0.2) is 0 Å². The highest BCUT2D eigenvalue weighted by Crippen LogP contribution is 2.37. The number of rotatable bonds is 4. The molecule has 0 atom stereocenters. The Labute approximate surface area is 171 Å². The summed E-state index contributed by atoms with van der Waals surface area (Å²) in [5.41, 5.74) is 7.26. The van der Waals surface area contributed by atoms with Gasteiger partial charge >= 0.3 is 0 Å². The van der Waals surface area contributed by atoms with Crippen LogP contribution < -0.4 is 10.5 Å². The Morgan fingerprint density at radius 1 is 1.14 bits per heavy atom. The molecule has 1 aliphatic rings.